The SMILES string of the molecule is Cc1sc2nc(C(C)C)n3c(SCC(=O)Nc4nc5c(s4)CCCC5)nnc3c2c1C. The lowest BCUT2D eigenvalue weighted by molar-refractivity contribution is -0.113. The van der Waals surface area contributed by atoms with Crippen LogP contribution in [-0.4, -0.2) is 36.2 Å². The van der Waals surface area contributed by atoms with Gasteiger partial charge in [0.25, 0.3) is 0 Å². The van der Waals surface area contributed by atoms with Crippen LogP contribution < -0.4 is 5.32 Å². The van der Waals surface area contributed by atoms with Crippen molar-refractivity contribution in [1.82, 2.24) is 24.6 Å². The van der Waals surface area contributed by atoms with Crippen LogP contribution in [0.1, 0.15) is 59.4 Å². The molecular formula is C21H24N6OS3. The van der Waals surface area contributed by atoms with E-state index in [2.05, 4.69) is 48.2 Å². The third-order valence-electron chi connectivity index (χ3n) is 5.61. The molecule has 1 aliphatic carbocycles. The summed E-state index contributed by atoms with van der Waals surface area (Å²) < 4.78 is 2.02. The van der Waals surface area contributed by atoms with E-state index in [1.807, 2.05) is 4.40 Å². The maximum Gasteiger partial charge on any atom is 0.236 e. The molecule has 4 aromatic heterocycles. The smallest absolute Gasteiger partial charge is 0.236 e. The summed E-state index contributed by atoms with van der Waals surface area (Å²) in [4.78, 5) is 25.7. The zero-order valence-electron chi connectivity index (χ0n) is 18.0. The molecule has 1 aliphatic rings. The second kappa shape index (κ2) is 8.14. The number of nitrogens with one attached hydrogen (secondary N) is 1. The molecule has 31 heavy (non-hydrogen) atoms. The van der Waals surface area contributed by atoms with Crippen LogP contribution in [0.2, 0.25) is 0 Å². The Morgan fingerprint density at radius 2 is 1.97 bits per heavy atom. The molecule has 0 aliphatic heterocycles. The van der Waals surface area contributed by atoms with Gasteiger partial charge in [0.1, 0.15) is 10.7 Å². The Kier molecular flexibility index (Phi) is 5.47. The van der Waals surface area contributed by atoms with Crippen molar-refractivity contribution >= 4 is 61.3 Å². The second-order valence-corrected chi connectivity index (χ2v) is 11.4. The number of aromatic nitrogens is 5. The molecule has 0 spiro atoms. The first-order valence-corrected chi connectivity index (χ1v) is 13.1. The van der Waals surface area contributed by atoms with Gasteiger partial charge in [-0.25, -0.2) is 9.97 Å². The number of fused-ring (bicyclic) bond motifs is 4. The molecule has 0 fully saturated rings. The predicted molar refractivity (Wildman–Crippen MR) is 128 cm³/mol. The van der Waals surface area contributed by atoms with E-state index in [1.165, 1.54) is 39.9 Å². The Labute approximate surface area is 192 Å². The quantitative estimate of drug-likeness (QED) is 0.405. The van der Waals surface area contributed by atoms with Crippen molar-refractivity contribution in [1.29, 1.82) is 0 Å². The van der Waals surface area contributed by atoms with Crippen LogP contribution in [0.3, 0.4) is 0 Å². The number of aryl methyl sites for hydroxylation is 4. The number of rotatable bonds is 5. The highest BCUT2D eigenvalue weighted by atomic mass is 32.2. The summed E-state index contributed by atoms with van der Waals surface area (Å²) in [5.41, 5.74) is 3.18. The number of thioether (sulfide) groups is 1. The lowest BCUT2D eigenvalue weighted by atomic mass is 10.0. The molecule has 0 aromatic carbocycles. The van der Waals surface area contributed by atoms with Crippen LogP contribution in [0.4, 0.5) is 5.13 Å². The van der Waals surface area contributed by atoms with Crippen molar-refractivity contribution in [3.63, 3.8) is 0 Å². The number of hydrogen-bond donors (Lipinski definition) is 1. The second-order valence-electron chi connectivity index (χ2n) is 8.16. The third kappa shape index (κ3) is 3.74. The highest BCUT2D eigenvalue weighted by Crippen LogP contribution is 2.35. The molecule has 0 saturated heterocycles. The Bertz CT molecular complexity index is 1280. The van der Waals surface area contributed by atoms with Gasteiger partial charge in [-0.3, -0.25) is 9.20 Å². The standard InChI is InChI=1S/C21H24N6OS3/c1-10(2)17-24-19-16(11(3)12(4)30-19)18-25-26-21(27(17)18)29-9-15(28)23-20-22-13-7-5-6-8-14(13)31-20/h10H,5-9H2,1-4H3,(H,22,23,28). The molecule has 5 rings (SSSR count). The third-order valence-corrected chi connectivity index (χ3v) is 8.71. The van der Waals surface area contributed by atoms with E-state index >= 15 is 0 Å². The van der Waals surface area contributed by atoms with Crippen LogP contribution >= 0.6 is 34.4 Å². The van der Waals surface area contributed by atoms with Gasteiger partial charge in [0.15, 0.2) is 15.9 Å². The summed E-state index contributed by atoms with van der Waals surface area (Å²) >= 11 is 4.69. The van der Waals surface area contributed by atoms with Crippen LogP contribution in [-0.2, 0) is 17.6 Å². The maximum absolute atomic E-state index is 12.6. The number of nitrogens with zero attached hydrogens (tertiary/aromatic N) is 5. The van der Waals surface area contributed by atoms with Gasteiger partial charge < -0.3 is 5.32 Å². The van der Waals surface area contributed by atoms with Crippen LogP contribution in [0, 0.1) is 13.8 Å². The molecule has 0 radical (unpaired) electrons. The van der Waals surface area contributed by atoms with Gasteiger partial charge in [0.2, 0.25) is 5.91 Å². The summed E-state index contributed by atoms with van der Waals surface area (Å²) in [7, 11) is 0. The maximum atomic E-state index is 12.6. The molecule has 10 heteroatoms. The Morgan fingerprint density at radius 1 is 1.16 bits per heavy atom. The molecule has 162 valence electrons. The van der Waals surface area contributed by atoms with Gasteiger partial charge in [0, 0.05) is 15.7 Å². The Hall–Kier alpha value is -2.04. The zero-order chi connectivity index (χ0) is 21.7. The van der Waals surface area contributed by atoms with Gasteiger partial charge in [-0.2, -0.15) is 0 Å². The summed E-state index contributed by atoms with van der Waals surface area (Å²) in [6.45, 7) is 8.45. The van der Waals surface area contributed by atoms with E-state index in [0.29, 0.717) is 10.3 Å². The summed E-state index contributed by atoms with van der Waals surface area (Å²) in [6.07, 6.45) is 4.48. The first-order chi connectivity index (χ1) is 14.9. The minimum atomic E-state index is -0.0736. The van der Waals surface area contributed by atoms with E-state index in [-0.39, 0.29) is 17.6 Å². The van der Waals surface area contributed by atoms with Crippen molar-refractivity contribution in [2.75, 3.05) is 11.1 Å². The molecule has 4 aromatic rings. The van der Waals surface area contributed by atoms with Crippen LogP contribution in [0.5, 0.6) is 0 Å². The Morgan fingerprint density at radius 3 is 2.74 bits per heavy atom. The fourth-order valence-electron chi connectivity index (χ4n) is 3.92. The van der Waals surface area contributed by atoms with Crippen LogP contribution in [0.15, 0.2) is 5.16 Å². The number of amides is 1. The fourth-order valence-corrected chi connectivity index (χ4v) is 6.75. The zero-order valence-corrected chi connectivity index (χ0v) is 20.4. The van der Waals surface area contributed by atoms with Crippen molar-refractivity contribution < 1.29 is 4.79 Å². The number of carbonyl (C=O) groups is 1. The molecule has 0 bridgehead atoms. The fraction of sp³-hybridized carbons (Fsp3) is 0.476. The number of thiophene rings is 1. The number of thiazole rings is 1. The molecule has 0 saturated carbocycles. The van der Waals surface area contributed by atoms with Gasteiger partial charge >= 0.3 is 0 Å². The first-order valence-electron chi connectivity index (χ1n) is 10.5. The average molecular weight is 473 g/mol. The molecule has 1 N–H and O–H groups in total. The largest absolute Gasteiger partial charge is 0.301 e. The molecule has 1 amide bonds. The topological polar surface area (TPSA) is 85.1 Å². The van der Waals surface area contributed by atoms with E-state index in [1.54, 1.807) is 22.7 Å². The highest BCUT2D eigenvalue weighted by Gasteiger charge is 2.22. The normalized spacial score (nSPS) is 14.0. The molecule has 4 heterocycles. The van der Waals surface area contributed by atoms with E-state index in [9.17, 15) is 4.79 Å². The van der Waals surface area contributed by atoms with Crippen molar-refractivity contribution in [3.8, 4) is 0 Å². The number of carbonyl (C=O) groups excluding carboxylic acids is 1. The van der Waals surface area contributed by atoms with Crippen molar-refractivity contribution in [2.45, 2.75) is 64.5 Å². The van der Waals surface area contributed by atoms with E-state index in [4.69, 9.17) is 4.98 Å². The number of anilines is 1. The lowest BCUT2D eigenvalue weighted by Crippen LogP contribution is -2.14. The highest BCUT2D eigenvalue weighted by molar-refractivity contribution is 7.99. The van der Waals surface area contributed by atoms with Crippen molar-refractivity contribution in [2.24, 2.45) is 0 Å². The predicted octanol–water partition coefficient (Wildman–Crippen LogP) is 5.15. The Balaban J connectivity index is 1.40. The van der Waals surface area contributed by atoms with Gasteiger partial charge in [-0.05, 0) is 45.1 Å². The molecule has 0 unspecified atom stereocenters. The van der Waals surface area contributed by atoms with Gasteiger partial charge in [-0.1, -0.05) is 25.6 Å². The monoisotopic (exact) mass is 472 g/mol. The van der Waals surface area contributed by atoms with Gasteiger partial charge in [0.05, 0.1) is 16.8 Å². The van der Waals surface area contributed by atoms with Crippen LogP contribution in [0.25, 0.3) is 15.9 Å². The van der Waals surface area contributed by atoms with E-state index < -0.39 is 0 Å². The first kappa shape index (κ1) is 20.8. The lowest BCUT2D eigenvalue weighted by Gasteiger charge is -2.10. The average Bonchev–Trinajstić information content (AvgIpc) is 3.41. The molecule has 7 nitrogen and oxygen atoms in total. The minimum absolute atomic E-state index is 0.0736. The minimum Gasteiger partial charge on any atom is -0.301 e. The van der Waals surface area contributed by atoms with Crippen molar-refractivity contribution in [3.05, 3.63) is 26.8 Å². The summed E-state index contributed by atoms with van der Waals surface area (Å²) in [6, 6.07) is 0. The van der Waals surface area contributed by atoms with E-state index in [0.717, 1.165) is 40.2 Å². The van der Waals surface area contributed by atoms with Gasteiger partial charge in [-0.15, -0.1) is 32.9 Å². The summed E-state index contributed by atoms with van der Waals surface area (Å²) in [5, 5.41) is 14.3. The summed E-state index contributed by atoms with van der Waals surface area (Å²) in [5.74, 6) is 1.31. The number of hydrogen-bond acceptors (Lipinski definition) is 8. The molecule has 0 atom stereocenters. The molecular weight excluding hydrogens is 448 g/mol.